The maximum absolute atomic E-state index is 6.34. The highest BCUT2D eigenvalue weighted by Gasteiger charge is 2.26. The zero-order valence-electron chi connectivity index (χ0n) is 11.3. The van der Waals surface area contributed by atoms with Gasteiger partial charge < -0.3 is 15.2 Å². The van der Waals surface area contributed by atoms with Crippen molar-refractivity contribution >= 4 is 11.8 Å². The number of methoxy groups -OCH3 is 1. The monoisotopic (exact) mass is 287 g/mol. The van der Waals surface area contributed by atoms with E-state index in [0.717, 1.165) is 22.8 Å². The zero-order valence-corrected chi connectivity index (χ0v) is 12.1. The van der Waals surface area contributed by atoms with Crippen LogP contribution in [0.25, 0.3) is 0 Å². The van der Waals surface area contributed by atoms with E-state index in [1.807, 2.05) is 42.5 Å². The van der Waals surface area contributed by atoms with Crippen LogP contribution in [0.5, 0.6) is 11.5 Å². The van der Waals surface area contributed by atoms with Gasteiger partial charge in [0.25, 0.3) is 0 Å². The van der Waals surface area contributed by atoms with Crippen molar-refractivity contribution < 1.29 is 9.47 Å². The molecule has 2 aromatic carbocycles. The predicted molar refractivity (Wildman–Crippen MR) is 81.5 cm³/mol. The van der Waals surface area contributed by atoms with Gasteiger partial charge in [-0.15, -0.1) is 11.8 Å². The van der Waals surface area contributed by atoms with E-state index in [2.05, 4.69) is 6.07 Å². The molecule has 0 aliphatic carbocycles. The fourth-order valence-corrected chi connectivity index (χ4v) is 3.31. The first-order valence-corrected chi connectivity index (χ1v) is 7.54. The predicted octanol–water partition coefficient (Wildman–Crippen LogP) is 3.25. The van der Waals surface area contributed by atoms with Crippen molar-refractivity contribution in [3.63, 3.8) is 0 Å². The number of fused-ring (bicyclic) bond motifs is 1. The molecule has 2 unspecified atom stereocenters. The van der Waals surface area contributed by atoms with Crippen molar-refractivity contribution in [3.05, 3.63) is 54.1 Å². The van der Waals surface area contributed by atoms with Gasteiger partial charge in [0.05, 0.1) is 13.2 Å². The number of hydrogen-bond donors (Lipinski definition) is 1. The lowest BCUT2D eigenvalue weighted by molar-refractivity contribution is 0.185. The summed E-state index contributed by atoms with van der Waals surface area (Å²) in [7, 11) is 1.66. The van der Waals surface area contributed by atoms with Crippen molar-refractivity contribution in [3.8, 4) is 11.5 Å². The van der Waals surface area contributed by atoms with Crippen LogP contribution in [-0.4, -0.2) is 19.0 Å². The normalized spacial score (nSPS) is 18.8. The third kappa shape index (κ3) is 2.62. The van der Waals surface area contributed by atoms with Crippen molar-refractivity contribution in [2.45, 2.75) is 17.0 Å². The molecule has 4 heteroatoms. The zero-order chi connectivity index (χ0) is 13.9. The third-order valence-corrected chi connectivity index (χ3v) is 4.58. The Labute approximate surface area is 123 Å². The second-order valence-corrected chi connectivity index (χ2v) is 5.77. The molecule has 0 saturated heterocycles. The van der Waals surface area contributed by atoms with Crippen LogP contribution < -0.4 is 15.2 Å². The summed E-state index contributed by atoms with van der Waals surface area (Å²) in [5, 5.41) is 0. The fraction of sp³-hybridized carbons (Fsp3) is 0.250. The van der Waals surface area contributed by atoms with Gasteiger partial charge >= 0.3 is 0 Å². The molecular formula is C16H17NO2S. The molecule has 0 aromatic heterocycles. The standard InChI is InChI=1S/C16H17NO2S/c1-18-12-8-6-11(7-9-12)16(17)14-10-20-15-5-3-2-4-13(15)19-14/h2-9,14,16H,10,17H2,1H3. The first-order valence-electron chi connectivity index (χ1n) is 6.56. The van der Waals surface area contributed by atoms with Crippen LogP contribution in [-0.2, 0) is 0 Å². The summed E-state index contributed by atoms with van der Waals surface area (Å²) in [6, 6.07) is 15.8. The molecule has 3 nitrogen and oxygen atoms in total. The average Bonchev–Trinajstić information content (AvgIpc) is 2.54. The minimum Gasteiger partial charge on any atom is -0.497 e. The van der Waals surface area contributed by atoms with Crippen LogP contribution in [0.2, 0.25) is 0 Å². The Bertz CT molecular complexity index is 585. The number of ether oxygens (including phenoxy) is 2. The number of nitrogens with two attached hydrogens (primary N) is 1. The Morgan fingerprint density at radius 2 is 1.95 bits per heavy atom. The summed E-state index contributed by atoms with van der Waals surface area (Å²) in [5.74, 6) is 2.63. The summed E-state index contributed by atoms with van der Waals surface area (Å²) in [6.07, 6.45) is -0.0108. The summed E-state index contributed by atoms with van der Waals surface area (Å²) < 4.78 is 11.2. The van der Waals surface area contributed by atoms with E-state index in [4.69, 9.17) is 15.2 Å². The summed E-state index contributed by atoms with van der Waals surface area (Å²) >= 11 is 1.80. The second-order valence-electron chi connectivity index (χ2n) is 4.71. The number of para-hydroxylation sites is 1. The largest absolute Gasteiger partial charge is 0.497 e. The van der Waals surface area contributed by atoms with Crippen LogP contribution >= 0.6 is 11.8 Å². The van der Waals surface area contributed by atoms with Gasteiger partial charge in [-0.05, 0) is 29.8 Å². The van der Waals surface area contributed by atoms with Crippen LogP contribution in [0.1, 0.15) is 11.6 Å². The molecule has 0 bridgehead atoms. The third-order valence-electron chi connectivity index (χ3n) is 3.43. The lowest BCUT2D eigenvalue weighted by Crippen LogP contribution is -2.35. The van der Waals surface area contributed by atoms with E-state index in [1.165, 1.54) is 4.90 Å². The van der Waals surface area contributed by atoms with Crippen molar-refractivity contribution in [1.29, 1.82) is 0 Å². The summed E-state index contributed by atoms with van der Waals surface area (Å²) in [5.41, 5.74) is 7.40. The Morgan fingerprint density at radius 3 is 2.70 bits per heavy atom. The van der Waals surface area contributed by atoms with Crippen LogP contribution in [0.15, 0.2) is 53.4 Å². The second kappa shape index (κ2) is 5.77. The van der Waals surface area contributed by atoms with Gasteiger partial charge in [0.15, 0.2) is 0 Å². The van der Waals surface area contributed by atoms with Crippen LogP contribution in [0.4, 0.5) is 0 Å². The molecule has 0 spiro atoms. The van der Waals surface area contributed by atoms with E-state index in [1.54, 1.807) is 18.9 Å². The molecule has 0 radical (unpaired) electrons. The van der Waals surface area contributed by atoms with Gasteiger partial charge in [-0.3, -0.25) is 0 Å². The minimum absolute atomic E-state index is 0.0108. The molecule has 1 aliphatic heterocycles. The molecule has 20 heavy (non-hydrogen) atoms. The van der Waals surface area contributed by atoms with Crippen molar-refractivity contribution in [2.24, 2.45) is 5.73 Å². The van der Waals surface area contributed by atoms with Gasteiger partial charge in [0.2, 0.25) is 0 Å². The smallest absolute Gasteiger partial charge is 0.133 e. The maximum Gasteiger partial charge on any atom is 0.133 e. The molecule has 104 valence electrons. The molecule has 2 aromatic rings. The Morgan fingerprint density at radius 1 is 1.20 bits per heavy atom. The molecule has 0 amide bonds. The molecule has 3 rings (SSSR count). The molecule has 0 fully saturated rings. The number of thioether (sulfide) groups is 1. The van der Waals surface area contributed by atoms with Crippen LogP contribution in [0.3, 0.4) is 0 Å². The molecule has 2 N–H and O–H groups in total. The topological polar surface area (TPSA) is 44.5 Å². The summed E-state index contributed by atoms with van der Waals surface area (Å²) in [6.45, 7) is 0. The van der Waals surface area contributed by atoms with E-state index in [0.29, 0.717) is 0 Å². The van der Waals surface area contributed by atoms with Crippen molar-refractivity contribution in [1.82, 2.24) is 0 Å². The number of benzene rings is 2. The van der Waals surface area contributed by atoms with E-state index in [9.17, 15) is 0 Å². The Hall–Kier alpha value is -1.65. The molecule has 2 atom stereocenters. The van der Waals surface area contributed by atoms with Gasteiger partial charge in [0, 0.05) is 10.6 Å². The number of rotatable bonds is 3. The van der Waals surface area contributed by atoms with Gasteiger partial charge in [-0.2, -0.15) is 0 Å². The summed E-state index contributed by atoms with van der Waals surface area (Å²) in [4.78, 5) is 1.19. The average molecular weight is 287 g/mol. The quantitative estimate of drug-likeness (QED) is 0.941. The van der Waals surface area contributed by atoms with Gasteiger partial charge in [-0.1, -0.05) is 24.3 Å². The first kappa shape index (κ1) is 13.3. The minimum atomic E-state index is -0.137. The Balaban J connectivity index is 1.76. The lowest BCUT2D eigenvalue weighted by Gasteiger charge is -2.30. The first-order chi connectivity index (χ1) is 9.78. The van der Waals surface area contributed by atoms with E-state index < -0.39 is 0 Å². The molecule has 1 heterocycles. The van der Waals surface area contributed by atoms with Gasteiger partial charge in [-0.25, -0.2) is 0 Å². The SMILES string of the molecule is COc1ccc(C(N)C2CSc3ccccc3O2)cc1. The van der Waals surface area contributed by atoms with E-state index in [-0.39, 0.29) is 12.1 Å². The fourth-order valence-electron chi connectivity index (χ4n) is 2.25. The highest BCUT2D eigenvalue weighted by atomic mass is 32.2. The Kier molecular flexibility index (Phi) is 3.85. The van der Waals surface area contributed by atoms with E-state index >= 15 is 0 Å². The van der Waals surface area contributed by atoms with Crippen molar-refractivity contribution in [2.75, 3.05) is 12.9 Å². The molecule has 1 aliphatic rings. The highest BCUT2D eigenvalue weighted by Crippen LogP contribution is 2.37. The van der Waals surface area contributed by atoms with Crippen LogP contribution in [0, 0.1) is 0 Å². The molecular weight excluding hydrogens is 270 g/mol. The molecule has 0 saturated carbocycles. The highest BCUT2D eigenvalue weighted by molar-refractivity contribution is 7.99. The van der Waals surface area contributed by atoms with Gasteiger partial charge in [0.1, 0.15) is 17.6 Å². The maximum atomic E-state index is 6.34. The lowest BCUT2D eigenvalue weighted by atomic mass is 10.0. The number of hydrogen-bond acceptors (Lipinski definition) is 4.